The highest BCUT2D eigenvalue weighted by atomic mass is 16.2. The topological polar surface area (TPSA) is 66.6 Å². The molecule has 0 aliphatic heterocycles. The zero-order chi connectivity index (χ0) is 34.5. The molecule has 3 amide bonds. The quantitative estimate of drug-likeness (QED) is 0.0668. The average molecular weight is 664 g/mol. The van der Waals surface area contributed by atoms with Gasteiger partial charge in [-0.15, -0.1) is 0 Å². The van der Waals surface area contributed by atoms with E-state index >= 15 is 0 Å². The molecule has 0 radical (unpaired) electrons. The molecule has 0 saturated heterocycles. The van der Waals surface area contributed by atoms with Gasteiger partial charge in [0.05, 0.1) is 0 Å². The molecule has 0 heterocycles. The van der Waals surface area contributed by atoms with Gasteiger partial charge >= 0.3 is 6.03 Å². The first kappa shape index (κ1) is 45.7. The Morgan fingerprint density at radius 1 is 0.383 bits per heavy atom. The summed E-state index contributed by atoms with van der Waals surface area (Å²) in [5.41, 5.74) is 5.65. The van der Waals surface area contributed by atoms with E-state index in [1.807, 2.05) is 11.9 Å². The first-order valence-corrected chi connectivity index (χ1v) is 21.3. The fourth-order valence-corrected chi connectivity index (χ4v) is 6.82. The Labute approximate surface area is 295 Å². The van der Waals surface area contributed by atoms with Crippen molar-refractivity contribution in [1.82, 2.24) is 9.80 Å². The van der Waals surface area contributed by atoms with Gasteiger partial charge in [-0.3, -0.25) is 4.79 Å². The van der Waals surface area contributed by atoms with Crippen LogP contribution in [0.15, 0.2) is 0 Å². The third-order valence-corrected chi connectivity index (χ3v) is 10.2. The van der Waals surface area contributed by atoms with Crippen LogP contribution in [-0.2, 0) is 4.79 Å². The number of hydrogen-bond donors (Lipinski definition) is 1. The van der Waals surface area contributed by atoms with Crippen molar-refractivity contribution in [2.45, 2.75) is 232 Å². The van der Waals surface area contributed by atoms with E-state index in [-0.39, 0.29) is 11.9 Å². The number of primary amides is 1. The van der Waals surface area contributed by atoms with Crippen LogP contribution in [0.4, 0.5) is 4.79 Å². The Hall–Kier alpha value is -1.26. The number of amides is 3. The lowest BCUT2D eigenvalue weighted by atomic mass is 10.0. The Balaban J connectivity index is 3.58. The van der Waals surface area contributed by atoms with E-state index in [4.69, 9.17) is 5.73 Å². The number of carbonyl (C=O) groups is 2. The second-order valence-electron chi connectivity index (χ2n) is 14.9. The second-order valence-corrected chi connectivity index (χ2v) is 14.9. The van der Waals surface area contributed by atoms with E-state index in [0.29, 0.717) is 19.4 Å². The lowest BCUT2D eigenvalue weighted by Crippen LogP contribution is -2.38. The monoisotopic (exact) mass is 664 g/mol. The maximum Gasteiger partial charge on any atom is 0.314 e. The molecule has 0 fully saturated rings. The summed E-state index contributed by atoms with van der Waals surface area (Å²) in [6.45, 7) is 6.72. The van der Waals surface area contributed by atoms with Crippen molar-refractivity contribution in [2.75, 3.05) is 26.7 Å². The summed E-state index contributed by atoms with van der Waals surface area (Å²) >= 11 is 0. The van der Waals surface area contributed by atoms with Crippen LogP contribution in [0.5, 0.6) is 0 Å². The molecule has 5 heteroatoms. The Morgan fingerprint density at radius 2 is 0.638 bits per heavy atom. The largest absolute Gasteiger partial charge is 0.351 e. The molecule has 0 atom stereocenters. The number of nitrogens with two attached hydrogens (primary N) is 1. The van der Waals surface area contributed by atoms with Crippen molar-refractivity contribution in [3.63, 3.8) is 0 Å². The first-order valence-electron chi connectivity index (χ1n) is 21.3. The maximum absolute atomic E-state index is 12.6. The zero-order valence-corrected chi connectivity index (χ0v) is 32.5. The van der Waals surface area contributed by atoms with Crippen molar-refractivity contribution in [2.24, 2.45) is 5.73 Å². The van der Waals surface area contributed by atoms with Crippen LogP contribution in [0.2, 0.25) is 0 Å². The molecule has 0 rings (SSSR count). The van der Waals surface area contributed by atoms with Gasteiger partial charge in [-0.1, -0.05) is 206 Å². The van der Waals surface area contributed by atoms with Crippen LogP contribution in [0.3, 0.4) is 0 Å². The SMILES string of the molecule is CCCCCCCCCCCCCCCCCCN(C)C(=O)CCCN(CCCCCCCCCCCCCCCCCC)C(N)=O. The molecular weight excluding hydrogens is 578 g/mol. The molecule has 0 aromatic carbocycles. The highest BCUT2D eigenvalue weighted by Gasteiger charge is 2.12. The lowest BCUT2D eigenvalue weighted by molar-refractivity contribution is -0.130. The van der Waals surface area contributed by atoms with E-state index in [2.05, 4.69) is 13.8 Å². The van der Waals surface area contributed by atoms with Gasteiger partial charge in [0.25, 0.3) is 0 Å². The van der Waals surface area contributed by atoms with E-state index in [1.54, 1.807) is 4.90 Å². The van der Waals surface area contributed by atoms with Gasteiger partial charge < -0.3 is 15.5 Å². The second kappa shape index (κ2) is 37.6. The van der Waals surface area contributed by atoms with Crippen LogP contribution in [0, 0.1) is 0 Å². The highest BCUT2D eigenvalue weighted by molar-refractivity contribution is 5.76. The molecule has 2 N–H and O–H groups in total. The van der Waals surface area contributed by atoms with Crippen molar-refractivity contribution in [1.29, 1.82) is 0 Å². The van der Waals surface area contributed by atoms with Gasteiger partial charge in [0, 0.05) is 33.1 Å². The lowest BCUT2D eigenvalue weighted by Gasteiger charge is -2.21. The number of rotatable bonds is 38. The summed E-state index contributed by atoms with van der Waals surface area (Å²) in [6, 6.07) is -0.347. The van der Waals surface area contributed by atoms with E-state index in [1.165, 1.54) is 186 Å². The van der Waals surface area contributed by atoms with E-state index in [9.17, 15) is 9.59 Å². The fraction of sp³-hybridized carbons (Fsp3) is 0.952. The molecule has 0 unspecified atom stereocenters. The predicted octanol–water partition coefficient (Wildman–Crippen LogP) is 13.1. The summed E-state index contributed by atoms with van der Waals surface area (Å²) in [5, 5.41) is 0. The van der Waals surface area contributed by atoms with Crippen LogP contribution >= 0.6 is 0 Å². The normalized spacial score (nSPS) is 11.3. The Morgan fingerprint density at radius 3 is 0.936 bits per heavy atom. The fourth-order valence-electron chi connectivity index (χ4n) is 6.82. The third-order valence-electron chi connectivity index (χ3n) is 10.2. The number of urea groups is 1. The molecule has 5 nitrogen and oxygen atoms in total. The summed E-state index contributed by atoms with van der Waals surface area (Å²) < 4.78 is 0. The number of carbonyl (C=O) groups excluding carboxylic acids is 2. The van der Waals surface area contributed by atoms with Crippen molar-refractivity contribution >= 4 is 11.9 Å². The minimum absolute atomic E-state index is 0.192. The Kier molecular flexibility index (Phi) is 36.5. The average Bonchev–Trinajstić information content (AvgIpc) is 3.06. The summed E-state index contributed by atoms with van der Waals surface area (Å²) in [6.07, 6.45) is 44.5. The van der Waals surface area contributed by atoms with Crippen LogP contribution in [0.1, 0.15) is 232 Å². The molecule has 0 aliphatic carbocycles. The number of hydrogen-bond acceptors (Lipinski definition) is 2. The van der Waals surface area contributed by atoms with E-state index in [0.717, 1.165) is 32.4 Å². The predicted molar refractivity (Wildman–Crippen MR) is 207 cm³/mol. The van der Waals surface area contributed by atoms with Crippen molar-refractivity contribution in [3.05, 3.63) is 0 Å². The molecule has 0 aliphatic rings. The van der Waals surface area contributed by atoms with Crippen LogP contribution < -0.4 is 5.73 Å². The molecule has 0 aromatic heterocycles. The molecule has 47 heavy (non-hydrogen) atoms. The molecule has 280 valence electrons. The van der Waals surface area contributed by atoms with Gasteiger partial charge in [0.2, 0.25) is 5.91 Å². The maximum atomic E-state index is 12.6. The molecule has 0 saturated carbocycles. The van der Waals surface area contributed by atoms with Crippen molar-refractivity contribution < 1.29 is 9.59 Å². The molecule has 0 spiro atoms. The first-order chi connectivity index (χ1) is 23.0. The van der Waals surface area contributed by atoms with Crippen LogP contribution in [-0.4, -0.2) is 48.4 Å². The standard InChI is InChI=1S/C42H85N3O2/c1-4-6-8-10-12-14-16-18-20-22-24-26-28-30-32-34-38-44(3)41(46)37-36-40-45(42(43)47)39-35-33-31-29-27-25-23-21-19-17-15-13-11-9-7-5-2/h4-40H2,1-3H3,(H2,43,47). The van der Waals surface area contributed by atoms with Gasteiger partial charge in [-0.25, -0.2) is 4.79 Å². The van der Waals surface area contributed by atoms with Gasteiger partial charge in [-0.2, -0.15) is 0 Å². The number of nitrogens with zero attached hydrogens (tertiary/aromatic N) is 2. The van der Waals surface area contributed by atoms with Gasteiger partial charge in [0.1, 0.15) is 0 Å². The minimum atomic E-state index is -0.347. The minimum Gasteiger partial charge on any atom is -0.351 e. The molecule has 0 bridgehead atoms. The van der Waals surface area contributed by atoms with Crippen molar-refractivity contribution in [3.8, 4) is 0 Å². The number of unbranched alkanes of at least 4 members (excludes halogenated alkanes) is 30. The zero-order valence-electron chi connectivity index (χ0n) is 32.5. The summed E-state index contributed by atoms with van der Waals surface area (Å²) in [4.78, 5) is 28.1. The van der Waals surface area contributed by atoms with Crippen LogP contribution in [0.25, 0.3) is 0 Å². The van der Waals surface area contributed by atoms with Gasteiger partial charge in [-0.05, 0) is 19.3 Å². The molecular formula is C42H85N3O2. The molecule has 0 aromatic rings. The third kappa shape index (κ3) is 34.4. The summed E-state index contributed by atoms with van der Waals surface area (Å²) in [5.74, 6) is 0.192. The van der Waals surface area contributed by atoms with E-state index < -0.39 is 0 Å². The Bertz CT molecular complexity index is 656. The smallest absolute Gasteiger partial charge is 0.314 e. The summed E-state index contributed by atoms with van der Waals surface area (Å²) in [7, 11) is 1.93. The van der Waals surface area contributed by atoms with Gasteiger partial charge in [0.15, 0.2) is 0 Å². The highest BCUT2D eigenvalue weighted by Crippen LogP contribution is 2.15.